The second kappa shape index (κ2) is 7.52. The van der Waals surface area contributed by atoms with E-state index in [0.29, 0.717) is 11.3 Å². The van der Waals surface area contributed by atoms with Crippen LogP contribution in [0.2, 0.25) is 0 Å². The maximum Gasteiger partial charge on any atom is 0.230 e. The number of carbonyl (C=O) groups is 3. The van der Waals surface area contributed by atoms with Gasteiger partial charge in [0.15, 0.2) is 11.4 Å². The van der Waals surface area contributed by atoms with E-state index in [2.05, 4.69) is 5.32 Å². The molecule has 1 amide bonds. The Morgan fingerprint density at radius 3 is 2.36 bits per heavy atom. The summed E-state index contributed by atoms with van der Waals surface area (Å²) < 4.78 is 0. The molecule has 1 aromatic carbocycles. The largest absolute Gasteiger partial charge is 0.507 e. The van der Waals surface area contributed by atoms with Crippen LogP contribution in [0.15, 0.2) is 17.7 Å². The first-order valence-electron chi connectivity index (χ1n) is 10.5. The Morgan fingerprint density at radius 1 is 1.18 bits per heavy atom. The molecule has 0 aromatic heterocycles. The van der Waals surface area contributed by atoms with Crippen LogP contribution in [-0.2, 0) is 20.8 Å². The van der Waals surface area contributed by atoms with Crippen LogP contribution < -0.4 is 16.0 Å². The molecule has 0 radical (unpaired) electrons. The second-order valence-corrected chi connectivity index (χ2v) is 9.09. The molecule has 11 heteroatoms. The van der Waals surface area contributed by atoms with Gasteiger partial charge in [-0.3, -0.25) is 14.4 Å². The number of nitrogens with zero attached hydrogens (tertiary/aromatic N) is 1. The number of carbonyl (C=O) groups excluding carboxylic acids is 3. The van der Waals surface area contributed by atoms with E-state index in [9.17, 15) is 39.9 Å². The Labute approximate surface area is 189 Å². The third-order valence-electron chi connectivity index (χ3n) is 7.28. The molecule has 2 saturated carbocycles. The average Bonchev–Trinajstić information content (AvgIpc) is 2.73. The minimum Gasteiger partial charge on any atom is -0.507 e. The molecule has 0 saturated heterocycles. The number of nitrogens with one attached hydrogen (secondary N) is 1. The van der Waals surface area contributed by atoms with Gasteiger partial charge >= 0.3 is 0 Å². The molecule has 2 fully saturated rings. The third-order valence-corrected chi connectivity index (χ3v) is 7.28. The van der Waals surface area contributed by atoms with E-state index in [1.165, 1.54) is 13.1 Å². The fourth-order valence-electron chi connectivity index (χ4n) is 5.78. The molecule has 7 unspecified atom stereocenters. The lowest BCUT2D eigenvalue weighted by molar-refractivity contribution is -0.191. The van der Waals surface area contributed by atoms with Crippen molar-refractivity contribution in [3.8, 4) is 5.75 Å². The number of likely N-dealkylation sites (N-methyl/N-ethyl adjacent to an activating group) is 1. The van der Waals surface area contributed by atoms with Crippen molar-refractivity contribution in [2.75, 3.05) is 26.0 Å². The van der Waals surface area contributed by atoms with Gasteiger partial charge in [-0.15, -0.1) is 0 Å². The molecule has 3 aliphatic rings. The fraction of sp³-hybridized carbons (Fsp3) is 0.500. The molecular weight excluding hydrogens is 434 g/mol. The number of benzene rings is 1. The van der Waals surface area contributed by atoms with Crippen LogP contribution in [0.5, 0.6) is 5.75 Å². The molecule has 8 N–H and O–H groups in total. The first kappa shape index (κ1) is 23.2. The maximum atomic E-state index is 13.6. The van der Waals surface area contributed by atoms with Gasteiger partial charge in [-0.1, -0.05) is 0 Å². The lowest BCUT2D eigenvalue weighted by Gasteiger charge is -2.54. The Morgan fingerprint density at radius 2 is 1.82 bits per heavy atom. The van der Waals surface area contributed by atoms with Gasteiger partial charge in [0, 0.05) is 43.2 Å². The van der Waals surface area contributed by atoms with E-state index >= 15 is 0 Å². The van der Waals surface area contributed by atoms with Crippen LogP contribution in [0.1, 0.15) is 11.1 Å². The number of ketones is 2. The van der Waals surface area contributed by atoms with Gasteiger partial charge in [0.1, 0.15) is 17.4 Å². The zero-order valence-corrected chi connectivity index (χ0v) is 18.3. The predicted octanol–water partition coefficient (Wildman–Crippen LogP) is -2.18. The van der Waals surface area contributed by atoms with E-state index < -0.39 is 70.4 Å². The van der Waals surface area contributed by atoms with E-state index in [1.54, 1.807) is 25.1 Å². The predicted molar refractivity (Wildman–Crippen MR) is 115 cm³/mol. The standard InChI is InChI=1S/C22H27N3O8/c1-24-15-14-16(27)8-6-7-9(25(2)3)4-5-10(26)11(7)17(28)12(8)19(30)22(14,33)20(31)13(18(15)29)21(23)32/h4-5,8,13-16,18,24,26-29,33H,6H2,1-3H3,(H2,23,32). The number of phenols is 1. The van der Waals surface area contributed by atoms with Crippen molar-refractivity contribution in [2.24, 2.45) is 23.5 Å². The Hall–Kier alpha value is -2.99. The second-order valence-electron chi connectivity index (χ2n) is 9.09. The van der Waals surface area contributed by atoms with Crippen LogP contribution in [0.25, 0.3) is 5.76 Å². The van der Waals surface area contributed by atoms with Crippen LogP contribution in [0, 0.1) is 17.8 Å². The van der Waals surface area contributed by atoms with Gasteiger partial charge in [0.05, 0.1) is 17.8 Å². The molecule has 1 aromatic rings. The summed E-state index contributed by atoms with van der Waals surface area (Å²) in [6, 6.07) is 1.74. The van der Waals surface area contributed by atoms with Crippen molar-refractivity contribution in [3.05, 3.63) is 28.8 Å². The lowest BCUT2D eigenvalue weighted by atomic mass is 9.53. The van der Waals surface area contributed by atoms with E-state index in [4.69, 9.17) is 5.73 Å². The number of anilines is 1. The van der Waals surface area contributed by atoms with Crippen LogP contribution in [0.4, 0.5) is 5.69 Å². The number of rotatable bonds is 3. The summed E-state index contributed by atoms with van der Waals surface area (Å²) in [5, 5.41) is 57.6. The summed E-state index contributed by atoms with van der Waals surface area (Å²) in [4.78, 5) is 40.4. The number of aromatic hydroxyl groups is 1. The van der Waals surface area contributed by atoms with Crippen molar-refractivity contribution in [1.82, 2.24) is 5.32 Å². The molecule has 0 bridgehead atoms. The number of hydrogen-bond acceptors (Lipinski definition) is 10. The summed E-state index contributed by atoms with van der Waals surface area (Å²) in [6.07, 6.45) is -3.25. The van der Waals surface area contributed by atoms with E-state index in [1.807, 2.05) is 0 Å². The van der Waals surface area contributed by atoms with Gasteiger partial charge in [-0.25, -0.2) is 0 Å². The van der Waals surface area contributed by atoms with Gasteiger partial charge in [-0.05, 0) is 31.2 Å². The van der Waals surface area contributed by atoms with Crippen molar-refractivity contribution in [1.29, 1.82) is 0 Å². The monoisotopic (exact) mass is 461 g/mol. The minimum absolute atomic E-state index is 0.0100. The molecule has 0 heterocycles. The number of nitrogens with two attached hydrogens (primary N) is 1. The van der Waals surface area contributed by atoms with Crippen molar-refractivity contribution < 1.29 is 39.9 Å². The van der Waals surface area contributed by atoms with E-state index in [-0.39, 0.29) is 17.7 Å². The first-order valence-corrected chi connectivity index (χ1v) is 10.5. The van der Waals surface area contributed by atoms with Crippen molar-refractivity contribution in [3.63, 3.8) is 0 Å². The SMILES string of the molecule is CNC1C(O)C(C(N)=O)C(=O)C2(O)C(=O)C3=C(O)c4c(O)ccc(N(C)C)c4CC3C(O)C12. The summed E-state index contributed by atoms with van der Waals surface area (Å²) in [7, 11) is 4.89. The van der Waals surface area contributed by atoms with E-state index in [0.717, 1.165) is 0 Å². The number of hydrogen-bond donors (Lipinski definition) is 7. The number of aliphatic hydroxyl groups is 4. The molecule has 33 heavy (non-hydrogen) atoms. The zero-order valence-electron chi connectivity index (χ0n) is 18.3. The fourth-order valence-corrected chi connectivity index (χ4v) is 5.78. The molecule has 4 rings (SSSR count). The Bertz CT molecular complexity index is 1100. The number of aliphatic hydroxyl groups excluding tert-OH is 3. The number of fused-ring (bicyclic) bond motifs is 3. The van der Waals surface area contributed by atoms with Gasteiger partial charge in [0.2, 0.25) is 11.7 Å². The highest BCUT2D eigenvalue weighted by Gasteiger charge is 2.69. The van der Waals surface area contributed by atoms with Crippen LogP contribution >= 0.6 is 0 Å². The highest BCUT2D eigenvalue weighted by molar-refractivity contribution is 6.25. The highest BCUT2D eigenvalue weighted by atomic mass is 16.3. The quantitative estimate of drug-likeness (QED) is 0.243. The Balaban J connectivity index is 1.98. The van der Waals surface area contributed by atoms with Crippen molar-refractivity contribution >= 4 is 28.9 Å². The third kappa shape index (κ3) is 2.86. The van der Waals surface area contributed by atoms with Gasteiger partial charge in [0.25, 0.3) is 0 Å². The topological polar surface area (TPSA) is 194 Å². The molecular formula is C22H27N3O8. The van der Waals surface area contributed by atoms with Crippen LogP contribution in [-0.4, -0.2) is 88.0 Å². The number of phenolic OH excluding ortho intramolecular Hbond substituents is 1. The van der Waals surface area contributed by atoms with Crippen molar-refractivity contribution in [2.45, 2.75) is 30.3 Å². The smallest absolute Gasteiger partial charge is 0.230 e. The minimum atomic E-state index is -2.92. The average molecular weight is 461 g/mol. The molecule has 7 atom stereocenters. The highest BCUT2D eigenvalue weighted by Crippen LogP contribution is 2.52. The Kier molecular flexibility index (Phi) is 5.28. The summed E-state index contributed by atoms with van der Waals surface area (Å²) in [5.74, 6) is -9.19. The summed E-state index contributed by atoms with van der Waals surface area (Å²) in [6.45, 7) is 0. The number of amides is 1. The summed E-state index contributed by atoms with van der Waals surface area (Å²) in [5.41, 5.74) is 3.02. The van der Waals surface area contributed by atoms with Gasteiger partial charge < -0.3 is 41.5 Å². The maximum absolute atomic E-state index is 13.6. The molecule has 178 valence electrons. The normalized spacial score (nSPS) is 35.6. The molecule has 0 spiro atoms. The molecule has 0 aliphatic heterocycles. The van der Waals surface area contributed by atoms with Gasteiger partial charge in [-0.2, -0.15) is 0 Å². The lowest BCUT2D eigenvalue weighted by Crippen LogP contribution is -2.76. The first-order chi connectivity index (χ1) is 15.4. The molecule has 3 aliphatic carbocycles. The number of Topliss-reactive ketones (excluding diaryl/α,β-unsaturated/α-hetero) is 2. The number of primary amides is 1. The molecule has 11 nitrogen and oxygen atoms in total. The zero-order chi connectivity index (χ0) is 24.6. The van der Waals surface area contributed by atoms with Crippen LogP contribution in [0.3, 0.4) is 0 Å². The summed E-state index contributed by atoms with van der Waals surface area (Å²) >= 11 is 0.